The van der Waals surface area contributed by atoms with Crippen molar-refractivity contribution in [2.75, 3.05) is 12.5 Å². The molecule has 7 heteroatoms. The van der Waals surface area contributed by atoms with Crippen molar-refractivity contribution in [1.82, 2.24) is 14.8 Å². The van der Waals surface area contributed by atoms with Gasteiger partial charge in [0.25, 0.3) is 0 Å². The highest BCUT2D eigenvalue weighted by Crippen LogP contribution is 2.26. The second kappa shape index (κ2) is 4.70. The zero-order valence-electron chi connectivity index (χ0n) is 10.3. The van der Waals surface area contributed by atoms with Crippen molar-refractivity contribution in [2.45, 2.75) is 0 Å². The Kier molecular flexibility index (Phi) is 3.41. The van der Waals surface area contributed by atoms with Gasteiger partial charge in [0.2, 0.25) is 0 Å². The molecule has 0 saturated heterocycles. The molecule has 0 aromatic carbocycles. The molecule has 2 heterocycles. The summed E-state index contributed by atoms with van der Waals surface area (Å²) in [5.41, 5.74) is 1.77. The topological polar surface area (TPSA) is 60.1 Å². The fraction of sp³-hybridized carbons (Fsp3) is 0.273. The third kappa shape index (κ3) is 3.30. The minimum atomic E-state index is -2.25. The van der Waals surface area contributed by atoms with E-state index < -0.39 is 9.73 Å². The second-order valence-electron chi connectivity index (χ2n) is 4.21. The molecule has 0 unspecified atom stereocenters. The highest BCUT2D eigenvalue weighted by Gasteiger charge is 2.06. The lowest BCUT2D eigenvalue weighted by Gasteiger charge is -2.01. The minimum Gasteiger partial charge on any atom is -0.275 e. The van der Waals surface area contributed by atoms with Gasteiger partial charge in [-0.2, -0.15) is 9.46 Å². The summed E-state index contributed by atoms with van der Waals surface area (Å²) in [6, 6.07) is 3.47. The Morgan fingerprint density at radius 3 is 2.61 bits per heavy atom. The summed E-state index contributed by atoms with van der Waals surface area (Å²) in [6.07, 6.45) is 6.70. The molecule has 2 rings (SSSR count). The first-order valence-electron chi connectivity index (χ1n) is 5.17. The molecule has 0 aliphatic rings. The molecule has 0 saturated carbocycles. The van der Waals surface area contributed by atoms with Crippen LogP contribution in [0, 0.1) is 0 Å². The smallest absolute Gasteiger partial charge is 0.163 e. The summed E-state index contributed by atoms with van der Waals surface area (Å²) in [5.74, 6) is 0.372. The van der Waals surface area contributed by atoms with Crippen molar-refractivity contribution in [3.8, 4) is 11.1 Å². The summed E-state index contributed by atoms with van der Waals surface area (Å²) in [5, 5.41) is 4.41. The van der Waals surface area contributed by atoms with E-state index in [2.05, 4.69) is 14.4 Å². The molecule has 0 bridgehead atoms. The molecule has 18 heavy (non-hydrogen) atoms. The second-order valence-corrected chi connectivity index (χ2v) is 7.14. The SMILES string of the molecule is Cn1cc(-c2cc(Cl)nc(N=S(C)(C)=O)c2)cn1. The Hall–Kier alpha value is -1.40. The molecule has 0 atom stereocenters. The number of aryl methyl sites for hydroxylation is 1. The molecule has 0 radical (unpaired) electrons. The van der Waals surface area contributed by atoms with E-state index in [4.69, 9.17) is 11.6 Å². The van der Waals surface area contributed by atoms with Gasteiger partial charge in [0.15, 0.2) is 5.82 Å². The lowest BCUT2D eigenvalue weighted by Crippen LogP contribution is -1.90. The van der Waals surface area contributed by atoms with Crippen LogP contribution in [0.1, 0.15) is 0 Å². The first-order valence-corrected chi connectivity index (χ1v) is 7.88. The van der Waals surface area contributed by atoms with E-state index in [1.807, 2.05) is 13.2 Å². The number of hydrogen-bond donors (Lipinski definition) is 0. The van der Waals surface area contributed by atoms with E-state index in [-0.39, 0.29) is 0 Å². The zero-order chi connectivity index (χ0) is 13.3. The van der Waals surface area contributed by atoms with Crippen molar-refractivity contribution >= 4 is 27.1 Å². The zero-order valence-corrected chi connectivity index (χ0v) is 11.9. The average molecular weight is 285 g/mol. The van der Waals surface area contributed by atoms with Gasteiger partial charge in [-0.25, -0.2) is 9.19 Å². The number of rotatable bonds is 2. The Labute approximate surface area is 111 Å². The van der Waals surface area contributed by atoms with Gasteiger partial charge in [-0.3, -0.25) is 4.68 Å². The number of aromatic nitrogens is 3. The molecule has 0 aliphatic heterocycles. The van der Waals surface area contributed by atoms with Crippen LogP contribution in [-0.2, 0) is 16.8 Å². The van der Waals surface area contributed by atoms with Crippen LogP contribution in [0.3, 0.4) is 0 Å². The van der Waals surface area contributed by atoms with Gasteiger partial charge in [0.1, 0.15) is 5.15 Å². The number of pyridine rings is 1. The average Bonchev–Trinajstić information content (AvgIpc) is 2.61. The monoisotopic (exact) mass is 284 g/mol. The minimum absolute atomic E-state index is 0.318. The fourth-order valence-electron chi connectivity index (χ4n) is 1.49. The molecule has 0 aliphatic carbocycles. The summed E-state index contributed by atoms with van der Waals surface area (Å²) < 4.78 is 17.4. The van der Waals surface area contributed by atoms with Crippen LogP contribution in [0.15, 0.2) is 28.9 Å². The van der Waals surface area contributed by atoms with Crippen molar-refractivity contribution in [3.63, 3.8) is 0 Å². The predicted octanol–water partition coefficient (Wildman–Crippen LogP) is 2.49. The molecular weight excluding hydrogens is 272 g/mol. The van der Waals surface area contributed by atoms with Crippen molar-refractivity contribution < 1.29 is 4.21 Å². The first-order chi connectivity index (χ1) is 8.33. The van der Waals surface area contributed by atoms with Crippen molar-refractivity contribution in [2.24, 2.45) is 11.4 Å². The lowest BCUT2D eigenvalue weighted by molar-refractivity contribution is 0.684. The predicted molar refractivity (Wildman–Crippen MR) is 73.5 cm³/mol. The molecule has 2 aromatic rings. The quantitative estimate of drug-likeness (QED) is 0.796. The van der Waals surface area contributed by atoms with E-state index in [0.717, 1.165) is 11.1 Å². The van der Waals surface area contributed by atoms with E-state index in [9.17, 15) is 4.21 Å². The number of nitrogens with zero attached hydrogens (tertiary/aromatic N) is 4. The largest absolute Gasteiger partial charge is 0.275 e. The van der Waals surface area contributed by atoms with Gasteiger partial charge < -0.3 is 0 Å². The lowest BCUT2D eigenvalue weighted by atomic mass is 10.1. The van der Waals surface area contributed by atoms with Gasteiger partial charge in [-0.15, -0.1) is 0 Å². The molecular formula is C11H13ClN4OS. The van der Waals surface area contributed by atoms with Gasteiger partial charge in [-0.05, 0) is 17.7 Å². The number of hydrogen-bond acceptors (Lipinski definition) is 4. The van der Waals surface area contributed by atoms with Crippen LogP contribution in [0.25, 0.3) is 11.1 Å². The number of halogens is 1. The standard InChI is InChI=1S/C11H13ClN4OS/c1-16-7-9(6-13-16)8-4-10(12)14-11(5-8)15-18(2,3)17/h4-7H,1-3H3. The van der Waals surface area contributed by atoms with Crippen LogP contribution >= 0.6 is 11.6 Å². The highest BCUT2D eigenvalue weighted by atomic mass is 35.5. The molecule has 0 N–H and O–H groups in total. The van der Waals surface area contributed by atoms with Crippen LogP contribution in [0.4, 0.5) is 5.82 Å². The third-order valence-electron chi connectivity index (χ3n) is 2.13. The molecule has 96 valence electrons. The van der Waals surface area contributed by atoms with Crippen LogP contribution in [0.2, 0.25) is 5.15 Å². The van der Waals surface area contributed by atoms with Gasteiger partial charge in [0.05, 0.1) is 6.20 Å². The molecule has 0 amide bonds. The van der Waals surface area contributed by atoms with Crippen molar-refractivity contribution in [1.29, 1.82) is 0 Å². The Morgan fingerprint density at radius 1 is 1.33 bits per heavy atom. The summed E-state index contributed by atoms with van der Waals surface area (Å²) in [7, 11) is -0.419. The third-order valence-corrected chi connectivity index (χ3v) is 2.95. The highest BCUT2D eigenvalue weighted by molar-refractivity contribution is 7.92. The first kappa shape index (κ1) is 13.0. The van der Waals surface area contributed by atoms with Gasteiger partial charge in [-0.1, -0.05) is 11.6 Å². The van der Waals surface area contributed by atoms with Crippen LogP contribution < -0.4 is 0 Å². The fourth-order valence-corrected chi connectivity index (χ4v) is 2.24. The summed E-state index contributed by atoms with van der Waals surface area (Å²) in [4.78, 5) is 4.04. The molecule has 0 spiro atoms. The Bertz CT molecular complexity index is 693. The Balaban J connectivity index is 2.55. The van der Waals surface area contributed by atoms with Gasteiger partial charge >= 0.3 is 0 Å². The molecule has 5 nitrogen and oxygen atoms in total. The maximum Gasteiger partial charge on any atom is 0.163 e. The van der Waals surface area contributed by atoms with E-state index in [1.54, 1.807) is 35.5 Å². The molecule has 0 fully saturated rings. The van der Waals surface area contributed by atoms with Crippen molar-refractivity contribution in [3.05, 3.63) is 29.7 Å². The summed E-state index contributed by atoms with van der Waals surface area (Å²) in [6.45, 7) is 0. The van der Waals surface area contributed by atoms with E-state index in [0.29, 0.717) is 11.0 Å². The summed E-state index contributed by atoms with van der Waals surface area (Å²) >= 11 is 5.94. The van der Waals surface area contributed by atoms with E-state index >= 15 is 0 Å². The normalized spacial score (nSPS) is 11.6. The maximum absolute atomic E-state index is 11.7. The van der Waals surface area contributed by atoms with E-state index in [1.165, 1.54) is 0 Å². The van der Waals surface area contributed by atoms with Crippen LogP contribution in [-0.4, -0.2) is 31.5 Å². The van der Waals surface area contributed by atoms with Crippen LogP contribution in [0.5, 0.6) is 0 Å². The van der Waals surface area contributed by atoms with Gasteiger partial charge in [0, 0.05) is 41.0 Å². The maximum atomic E-state index is 11.7. The molecule has 2 aromatic heterocycles. The Morgan fingerprint density at radius 2 is 2.06 bits per heavy atom.